The van der Waals surface area contributed by atoms with Gasteiger partial charge in [-0.15, -0.1) is 0 Å². The van der Waals surface area contributed by atoms with Crippen molar-refractivity contribution in [1.82, 2.24) is 9.88 Å². The van der Waals surface area contributed by atoms with Gasteiger partial charge in [-0.3, -0.25) is 4.79 Å². The first-order valence-electron chi connectivity index (χ1n) is 9.00. The normalized spacial score (nSPS) is 13.1. The molecule has 0 unspecified atom stereocenters. The fourth-order valence-corrected chi connectivity index (χ4v) is 3.47. The molecule has 2 heterocycles. The summed E-state index contributed by atoms with van der Waals surface area (Å²) in [7, 11) is 2.99. The van der Waals surface area contributed by atoms with Gasteiger partial charge in [-0.1, -0.05) is 6.07 Å². The lowest BCUT2D eigenvalue weighted by atomic mass is 9.99. The van der Waals surface area contributed by atoms with E-state index in [1.807, 2.05) is 42.5 Å². The maximum atomic E-state index is 12.7. The van der Waals surface area contributed by atoms with Crippen LogP contribution in [0.2, 0.25) is 0 Å². The van der Waals surface area contributed by atoms with Gasteiger partial charge in [0.05, 0.1) is 14.2 Å². The van der Waals surface area contributed by atoms with Crippen molar-refractivity contribution in [3.8, 4) is 5.75 Å². The van der Waals surface area contributed by atoms with Crippen molar-refractivity contribution in [2.24, 2.45) is 0 Å². The molecule has 0 bridgehead atoms. The van der Waals surface area contributed by atoms with Crippen molar-refractivity contribution in [1.29, 1.82) is 0 Å². The Morgan fingerprint density at radius 2 is 1.93 bits per heavy atom. The third kappa shape index (κ3) is 3.38. The monoisotopic (exact) mass is 379 g/mol. The largest absolute Gasteiger partial charge is 0.497 e. The Bertz CT molecular complexity index is 1060. The van der Waals surface area contributed by atoms with Crippen molar-refractivity contribution in [2.45, 2.75) is 13.0 Å². The standard InChI is InChI=1S/C21H21N3O4/c1-27-17-6-4-14-10-19(23-18(14)11-17)20(25)22-16-5-3-13-7-8-24(21(26)28-2)12-15(13)9-16/h3-6,9-11,23H,7-8,12H2,1-2H3,(H,22,25). The minimum absolute atomic E-state index is 0.226. The van der Waals surface area contributed by atoms with Crippen LogP contribution in [-0.4, -0.2) is 42.6 Å². The molecule has 3 aromatic rings. The summed E-state index contributed by atoms with van der Waals surface area (Å²) in [5.74, 6) is 0.502. The number of hydrogen-bond donors (Lipinski definition) is 2. The van der Waals surface area contributed by atoms with Gasteiger partial charge in [-0.05, 0) is 47.9 Å². The Morgan fingerprint density at radius 3 is 2.71 bits per heavy atom. The number of rotatable bonds is 3. The molecule has 28 heavy (non-hydrogen) atoms. The number of hydrogen-bond acceptors (Lipinski definition) is 4. The molecule has 2 amide bonds. The number of benzene rings is 2. The molecule has 7 heteroatoms. The number of H-pyrrole nitrogens is 1. The molecule has 7 nitrogen and oxygen atoms in total. The highest BCUT2D eigenvalue weighted by Gasteiger charge is 2.21. The number of amides is 2. The molecule has 0 radical (unpaired) electrons. The molecule has 144 valence electrons. The van der Waals surface area contributed by atoms with Crippen LogP contribution < -0.4 is 10.1 Å². The first-order valence-corrected chi connectivity index (χ1v) is 9.00. The highest BCUT2D eigenvalue weighted by atomic mass is 16.5. The molecule has 2 aromatic carbocycles. The zero-order valence-electron chi connectivity index (χ0n) is 15.7. The van der Waals surface area contributed by atoms with Crippen LogP contribution in [0, 0.1) is 0 Å². The molecule has 1 aromatic heterocycles. The number of methoxy groups -OCH3 is 2. The predicted molar refractivity (Wildman–Crippen MR) is 106 cm³/mol. The summed E-state index contributed by atoms with van der Waals surface area (Å²) in [4.78, 5) is 29.2. The third-order valence-electron chi connectivity index (χ3n) is 4.98. The van der Waals surface area contributed by atoms with E-state index in [9.17, 15) is 9.59 Å². The van der Waals surface area contributed by atoms with Crippen LogP contribution in [-0.2, 0) is 17.7 Å². The molecule has 4 rings (SSSR count). The van der Waals surface area contributed by atoms with Crippen LogP contribution in [0.15, 0.2) is 42.5 Å². The highest BCUT2D eigenvalue weighted by Crippen LogP contribution is 2.25. The fourth-order valence-electron chi connectivity index (χ4n) is 3.47. The molecular formula is C21H21N3O4. The summed E-state index contributed by atoms with van der Waals surface area (Å²) in [5.41, 5.74) is 4.18. The van der Waals surface area contributed by atoms with Crippen LogP contribution >= 0.6 is 0 Å². The minimum Gasteiger partial charge on any atom is -0.497 e. The summed E-state index contributed by atoms with van der Waals surface area (Å²) >= 11 is 0. The summed E-state index contributed by atoms with van der Waals surface area (Å²) < 4.78 is 10.0. The van der Waals surface area contributed by atoms with E-state index in [1.54, 1.807) is 12.0 Å². The zero-order valence-corrected chi connectivity index (χ0v) is 15.7. The lowest BCUT2D eigenvalue weighted by Crippen LogP contribution is -2.35. The summed E-state index contributed by atoms with van der Waals surface area (Å²) in [6, 6.07) is 13.2. The number of ether oxygens (including phenoxy) is 2. The van der Waals surface area contributed by atoms with Gasteiger partial charge in [-0.25, -0.2) is 4.79 Å². The van der Waals surface area contributed by atoms with E-state index in [1.165, 1.54) is 12.7 Å². The van der Waals surface area contributed by atoms with E-state index in [2.05, 4.69) is 10.3 Å². The quantitative estimate of drug-likeness (QED) is 0.729. The van der Waals surface area contributed by atoms with Gasteiger partial charge in [0.1, 0.15) is 11.4 Å². The van der Waals surface area contributed by atoms with Crippen LogP contribution in [0.25, 0.3) is 10.9 Å². The Morgan fingerprint density at radius 1 is 1.07 bits per heavy atom. The van der Waals surface area contributed by atoms with E-state index >= 15 is 0 Å². The van der Waals surface area contributed by atoms with Crippen LogP contribution in [0.3, 0.4) is 0 Å². The molecule has 2 N–H and O–H groups in total. The number of aromatic amines is 1. The minimum atomic E-state index is -0.339. The Labute approximate surface area is 162 Å². The lowest BCUT2D eigenvalue weighted by molar-refractivity contribution is 0.102. The number of nitrogens with one attached hydrogen (secondary N) is 2. The van der Waals surface area contributed by atoms with Crippen LogP contribution in [0.5, 0.6) is 5.75 Å². The summed E-state index contributed by atoms with van der Waals surface area (Å²) in [6.45, 7) is 1.10. The van der Waals surface area contributed by atoms with Gasteiger partial charge in [-0.2, -0.15) is 0 Å². The molecule has 0 saturated heterocycles. The van der Waals surface area contributed by atoms with Crippen molar-refractivity contribution in [2.75, 3.05) is 26.1 Å². The van der Waals surface area contributed by atoms with Gasteiger partial charge >= 0.3 is 6.09 Å². The van der Waals surface area contributed by atoms with Gasteiger partial charge in [0.2, 0.25) is 0 Å². The molecule has 1 aliphatic rings. The highest BCUT2D eigenvalue weighted by molar-refractivity contribution is 6.06. The molecule has 0 spiro atoms. The molecule has 0 atom stereocenters. The van der Waals surface area contributed by atoms with Gasteiger partial charge < -0.3 is 24.7 Å². The SMILES string of the molecule is COC(=O)N1CCc2ccc(NC(=O)c3cc4ccc(OC)cc4[nH]3)cc2C1. The molecule has 1 aliphatic heterocycles. The molecule has 0 aliphatic carbocycles. The molecule has 0 saturated carbocycles. The Kier molecular flexibility index (Phi) is 4.65. The second-order valence-corrected chi connectivity index (χ2v) is 6.72. The Hall–Kier alpha value is -3.48. The van der Waals surface area contributed by atoms with E-state index < -0.39 is 0 Å². The first kappa shape index (κ1) is 17.9. The van der Waals surface area contributed by atoms with E-state index in [0.717, 1.165) is 28.6 Å². The average Bonchev–Trinajstić information content (AvgIpc) is 3.16. The van der Waals surface area contributed by atoms with Crippen molar-refractivity contribution in [3.05, 3.63) is 59.3 Å². The van der Waals surface area contributed by atoms with Gasteiger partial charge in [0.15, 0.2) is 0 Å². The number of anilines is 1. The third-order valence-corrected chi connectivity index (χ3v) is 4.98. The average molecular weight is 379 g/mol. The van der Waals surface area contributed by atoms with E-state index in [4.69, 9.17) is 9.47 Å². The number of nitrogens with zero attached hydrogens (tertiary/aromatic N) is 1. The zero-order chi connectivity index (χ0) is 19.7. The number of aromatic nitrogens is 1. The topological polar surface area (TPSA) is 83.7 Å². The van der Waals surface area contributed by atoms with Crippen molar-refractivity contribution < 1.29 is 19.1 Å². The number of carbonyl (C=O) groups is 2. The lowest BCUT2D eigenvalue weighted by Gasteiger charge is -2.28. The van der Waals surface area contributed by atoms with Crippen molar-refractivity contribution in [3.63, 3.8) is 0 Å². The molecular weight excluding hydrogens is 358 g/mol. The van der Waals surface area contributed by atoms with Gasteiger partial charge in [0.25, 0.3) is 5.91 Å². The smallest absolute Gasteiger partial charge is 0.409 e. The van der Waals surface area contributed by atoms with Crippen LogP contribution in [0.1, 0.15) is 21.6 Å². The molecule has 0 fully saturated rings. The maximum absolute atomic E-state index is 12.7. The second kappa shape index (κ2) is 7.26. The van der Waals surface area contributed by atoms with Crippen molar-refractivity contribution >= 4 is 28.6 Å². The maximum Gasteiger partial charge on any atom is 0.409 e. The van der Waals surface area contributed by atoms with Gasteiger partial charge in [0, 0.05) is 35.7 Å². The predicted octanol–water partition coefficient (Wildman–Crippen LogP) is 3.55. The second-order valence-electron chi connectivity index (χ2n) is 6.72. The number of carbonyl (C=O) groups excluding carboxylic acids is 2. The van der Waals surface area contributed by atoms with E-state index in [0.29, 0.717) is 24.5 Å². The fraction of sp³-hybridized carbons (Fsp3) is 0.238. The Balaban J connectivity index is 1.53. The van der Waals surface area contributed by atoms with E-state index in [-0.39, 0.29) is 12.0 Å². The summed E-state index contributed by atoms with van der Waals surface area (Å²) in [5, 5.41) is 3.86. The first-order chi connectivity index (χ1) is 13.6. The number of fused-ring (bicyclic) bond motifs is 2. The van der Waals surface area contributed by atoms with Crippen LogP contribution in [0.4, 0.5) is 10.5 Å². The summed E-state index contributed by atoms with van der Waals surface area (Å²) in [6.07, 6.45) is 0.427.